The van der Waals surface area contributed by atoms with Gasteiger partial charge in [0.05, 0.1) is 12.7 Å². The molecule has 1 aromatic carbocycles. The molecule has 0 saturated heterocycles. The Morgan fingerprint density at radius 2 is 2.00 bits per heavy atom. The van der Waals surface area contributed by atoms with Crippen LogP contribution in [0.25, 0.3) is 0 Å². The van der Waals surface area contributed by atoms with Crippen LogP contribution in [-0.2, 0) is 14.3 Å². The first-order valence-corrected chi connectivity index (χ1v) is 10.8. The molecule has 1 aliphatic carbocycles. The fourth-order valence-corrected chi connectivity index (χ4v) is 3.81. The number of hydrogen-bond donors (Lipinski definition) is 1. The lowest BCUT2D eigenvalue weighted by molar-refractivity contribution is -0.147. The second kappa shape index (κ2) is 10.6. The van der Waals surface area contributed by atoms with Crippen molar-refractivity contribution in [3.8, 4) is 5.75 Å². The topological polar surface area (TPSA) is 73.9 Å². The molecule has 162 valence electrons. The molecule has 0 aromatic heterocycles. The van der Waals surface area contributed by atoms with Crippen molar-refractivity contribution in [2.45, 2.75) is 78.4 Å². The molecule has 29 heavy (non-hydrogen) atoms. The molecule has 0 bridgehead atoms. The Kier molecular flexibility index (Phi) is 8.50. The van der Waals surface area contributed by atoms with Crippen LogP contribution in [0.3, 0.4) is 0 Å². The van der Waals surface area contributed by atoms with E-state index in [1.807, 2.05) is 20.8 Å². The van der Waals surface area contributed by atoms with Gasteiger partial charge in [0.15, 0.2) is 0 Å². The van der Waals surface area contributed by atoms with Gasteiger partial charge in [-0.25, -0.2) is 4.79 Å². The third-order valence-corrected chi connectivity index (χ3v) is 5.43. The third-order valence-electron chi connectivity index (χ3n) is 5.43. The van der Waals surface area contributed by atoms with Crippen LogP contribution in [-0.4, -0.2) is 36.8 Å². The SMILES string of the molecule is CCOC(=O)c1cc(NC(=O)[C@@]2(OCC)CCC[C@H](C)C2)ccc1O[C@@H](C)CC. The van der Waals surface area contributed by atoms with Crippen molar-refractivity contribution >= 4 is 17.6 Å². The molecule has 6 heteroatoms. The lowest BCUT2D eigenvalue weighted by Gasteiger charge is -2.38. The Morgan fingerprint density at radius 1 is 1.24 bits per heavy atom. The minimum Gasteiger partial charge on any atom is -0.490 e. The number of rotatable bonds is 9. The first-order valence-electron chi connectivity index (χ1n) is 10.8. The van der Waals surface area contributed by atoms with Gasteiger partial charge in [0, 0.05) is 12.3 Å². The predicted molar refractivity (Wildman–Crippen MR) is 113 cm³/mol. The van der Waals surface area contributed by atoms with Crippen molar-refractivity contribution in [1.29, 1.82) is 0 Å². The number of nitrogens with one attached hydrogen (secondary N) is 1. The average Bonchev–Trinajstić information content (AvgIpc) is 2.69. The van der Waals surface area contributed by atoms with Crippen LogP contribution in [0, 0.1) is 5.92 Å². The van der Waals surface area contributed by atoms with Crippen LogP contribution >= 0.6 is 0 Å². The van der Waals surface area contributed by atoms with Gasteiger partial charge in [-0.15, -0.1) is 0 Å². The summed E-state index contributed by atoms with van der Waals surface area (Å²) in [6.45, 7) is 10.5. The van der Waals surface area contributed by atoms with Gasteiger partial charge in [0.1, 0.15) is 16.9 Å². The number of carbonyl (C=O) groups is 2. The van der Waals surface area contributed by atoms with E-state index in [0.29, 0.717) is 42.4 Å². The van der Waals surface area contributed by atoms with Crippen LogP contribution in [0.2, 0.25) is 0 Å². The van der Waals surface area contributed by atoms with Gasteiger partial charge in [-0.3, -0.25) is 4.79 Å². The summed E-state index contributed by atoms with van der Waals surface area (Å²) in [4.78, 5) is 25.6. The molecule has 0 spiro atoms. The molecule has 1 saturated carbocycles. The van der Waals surface area contributed by atoms with Gasteiger partial charge in [0.2, 0.25) is 0 Å². The maximum absolute atomic E-state index is 13.2. The van der Waals surface area contributed by atoms with E-state index in [2.05, 4.69) is 12.2 Å². The summed E-state index contributed by atoms with van der Waals surface area (Å²) in [6.07, 6.45) is 4.26. The van der Waals surface area contributed by atoms with Crippen molar-refractivity contribution in [2.75, 3.05) is 18.5 Å². The van der Waals surface area contributed by atoms with Gasteiger partial charge in [-0.1, -0.05) is 20.3 Å². The molecule has 6 nitrogen and oxygen atoms in total. The summed E-state index contributed by atoms with van der Waals surface area (Å²) in [6, 6.07) is 5.09. The lowest BCUT2D eigenvalue weighted by Crippen LogP contribution is -2.48. The molecule has 0 radical (unpaired) electrons. The van der Waals surface area contributed by atoms with E-state index in [4.69, 9.17) is 14.2 Å². The molecule has 0 unspecified atom stereocenters. The van der Waals surface area contributed by atoms with E-state index in [1.54, 1.807) is 25.1 Å². The van der Waals surface area contributed by atoms with E-state index in [0.717, 1.165) is 19.3 Å². The zero-order valence-corrected chi connectivity index (χ0v) is 18.4. The zero-order chi connectivity index (χ0) is 21.4. The van der Waals surface area contributed by atoms with Crippen LogP contribution in [0.5, 0.6) is 5.75 Å². The molecule has 2 rings (SSSR count). The van der Waals surface area contributed by atoms with Crippen molar-refractivity contribution < 1.29 is 23.8 Å². The number of ether oxygens (including phenoxy) is 3. The molecular formula is C23H35NO5. The van der Waals surface area contributed by atoms with Crippen LogP contribution in [0.15, 0.2) is 18.2 Å². The number of benzene rings is 1. The summed E-state index contributed by atoms with van der Waals surface area (Å²) < 4.78 is 17.0. The number of hydrogen-bond acceptors (Lipinski definition) is 5. The van der Waals surface area contributed by atoms with Gasteiger partial charge in [0.25, 0.3) is 5.91 Å². The van der Waals surface area contributed by atoms with Crippen molar-refractivity contribution in [3.63, 3.8) is 0 Å². The Hall–Kier alpha value is -2.08. The quantitative estimate of drug-likeness (QED) is 0.588. The highest BCUT2D eigenvalue weighted by Gasteiger charge is 2.42. The second-order valence-corrected chi connectivity index (χ2v) is 7.85. The number of amides is 1. The maximum atomic E-state index is 13.2. The van der Waals surface area contributed by atoms with Gasteiger partial charge in [-0.2, -0.15) is 0 Å². The summed E-state index contributed by atoms with van der Waals surface area (Å²) in [5, 5.41) is 2.96. The molecule has 1 amide bonds. The zero-order valence-electron chi connectivity index (χ0n) is 18.4. The minimum absolute atomic E-state index is 0.0337. The van der Waals surface area contributed by atoms with E-state index >= 15 is 0 Å². The normalized spacial score (nSPS) is 22.6. The molecule has 1 aliphatic rings. The minimum atomic E-state index is -0.817. The Balaban J connectivity index is 2.27. The fraction of sp³-hybridized carbons (Fsp3) is 0.652. The molecule has 0 heterocycles. The summed E-state index contributed by atoms with van der Waals surface area (Å²) >= 11 is 0. The Morgan fingerprint density at radius 3 is 2.62 bits per heavy atom. The first-order chi connectivity index (χ1) is 13.8. The summed E-state index contributed by atoms with van der Waals surface area (Å²) in [5.41, 5.74) is 0.0295. The number of carbonyl (C=O) groups excluding carboxylic acids is 2. The van der Waals surface area contributed by atoms with Crippen LogP contribution in [0.1, 0.15) is 77.1 Å². The monoisotopic (exact) mass is 405 g/mol. The Labute approximate surface area is 174 Å². The molecule has 3 atom stereocenters. The lowest BCUT2D eigenvalue weighted by atomic mass is 9.78. The smallest absolute Gasteiger partial charge is 0.341 e. The van der Waals surface area contributed by atoms with E-state index < -0.39 is 11.6 Å². The second-order valence-electron chi connectivity index (χ2n) is 7.85. The van der Waals surface area contributed by atoms with Gasteiger partial charge >= 0.3 is 5.97 Å². The van der Waals surface area contributed by atoms with E-state index in [1.165, 1.54) is 0 Å². The summed E-state index contributed by atoms with van der Waals surface area (Å²) in [7, 11) is 0. The van der Waals surface area contributed by atoms with Crippen molar-refractivity contribution in [2.24, 2.45) is 5.92 Å². The maximum Gasteiger partial charge on any atom is 0.341 e. The van der Waals surface area contributed by atoms with Crippen LogP contribution in [0.4, 0.5) is 5.69 Å². The molecule has 0 aliphatic heterocycles. The molecule has 1 aromatic rings. The van der Waals surface area contributed by atoms with Crippen molar-refractivity contribution in [3.05, 3.63) is 23.8 Å². The predicted octanol–water partition coefficient (Wildman–Crippen LogP) is 4.96. The van der Waals surface area contributed by atoms with E-state index in [9.17, 15) is 9.59 Å². The van der Waals surface area contributed by atoms with Crippen LogP contribution < -0.4 is 10.1 Å². The average molecular weight is 406 g/mol. The van der Waals surface area contributed by atoms with E-state index in [-0.39, 0.29) is 18.6 Å². The highest BCUT2D eigenvalue weighted by atomic mass is 16.5. The molecule has 1 fully saturated rings. The number of esters is 1. The first kappa shape index (κ1) is 23.2. The highest BCUT2D eigenvalue weighted by molar-refractivity contribution is 5.99. The fourth-order valence-electron chi connectivity index (χ4n) is 3.81. The van der Waals surface area contributed by atoms with Gasteiger partial charge < -0.3 is 19.5 Å². The molecule has 1 N–H and O–H groups in total. The highest BCUT2D eigenvalue weighted by Crippen LogP contribution is 2.36. The standard InChI is InChI=1S/C23H35NO5/c1-6-17(5)29-20-12-11-18(14-19(20)21(25)27-7-2)24-22(26)23(28-8-3)13-9-10-16(4)15-23/h11-12,14,16-17H,6-10,13,15H2,1-5H3,(H,24,26)/t16-,17-,23+/m0/s1. The number of anilines is 1. The molecular weight excluding hydrogens is 370 g/mol. The van der Waals surface area contributed by atoms with Crippen molar-refractivity contribution in [1.82, 2.24) is 0 Å². The largest absolute Gasteiger partial charge is 0.490 e. The third kappa shape index (κ3) is 5.95. The Bertz CT molecular complexity index is 701. The van der Waals surface area contributed by atoms with Gasteiger partial charge in [-0.05, 0) is 70.6 Å². The summed E-state index contributed by atoms with van der Waals surface area (Å²) in [5.74, 6) is 0.271.